The molecule has 0 aromatic heterocycles. The van der Waals surface area contributed by atoms with Crippen molar-refractivity contribution in [3.63, 3.8) is 0 Å². The van der Waals surface area contributed by atoms with Gasteiger partial charge in [0.15, 0.2) is 5.78 Å². The molecule has 0 heterocycles. The Balaban J connectivity index is 2.31. The molecular weight excluding hydrogens is 623 g/mol. The monoisotopic (exact) mass is 672 g/mol. The summed E-state index contributed by atoms with van der Waals surface area (Å²) in [5.74, 6) is -1.94. The number of nitrogens with zero attached hydrogens (tertiary/aromatic N) is 1. The van der Waals surface area contributed by atoms with Gasteiger partial charge in [0.2, 0.25) is 0 Å². The van der Waals surface area contributed by atoms with E-state index in [9.17, 15) is 24.0 Å². The van der Waals surface area contributed by atoms with Crippen molar-refractivity contribution in [3.05, 3.63) is 71.8 Å². The summed E-state index contributed by atoms with van der Waals surface area (Å²) in [4.78, 5) is 66.0. The highest BCUT2D eigenvalue weighted by atomic mass is 19.1. The van der Waals surface area contributed by atoms with Gasteiger partial charge in [-0.05, 0) is 72.4 Å². The van der Waals surface area contributed by atoms with E-state index < -0.39 is 66.0 Å². The number of esters is 1. The van der Waals surface area contributed by atoms with Crippen LogP contribution in [0.2, 0.25) is 0 Å². The second-order valence-electron chi connectivity index (χ2n) is 13.2. The van der Waals surface area contributed by atoms with Gasteiger partial charge in [-0.3, -0.25) is 4.79 Å². The quantitative estimate of drug-likeness (QED) is 0.164. The van der Waals surface area contributed by atoms with Crippen molar-refractivity contribution in [2.75, 3.05) is 13.7 Å². The lowest BCUT2D eigenvalue weighted by molar-refractivity contribution is -0.150. The molecule has 48 heavy (non-hydrogen) atoms. The Bertz CT molecular complexity index is 1290. The van der Waals surface area contributed by atoms with Crippen LogP contribution in [0.4, 0.5) is 18.8 Å². The molecule has 0 saturated carbocycles. The van der Waals surface area contributed by atoms with Crippen LogP contribution in [0.15, 0.2) is 60.7 Å². The third kappa shape index (κ3) is 13.0. The highest BCUT2D eigenvalue weighted by molar-refractivity contribution is 5.94. The van der Waals surface area contributed by atoms with E-state index in [0.29, 0.717) is 4.90 Å². The summed E-state index contributed by atoms with van der Waals surface area (Å²) in [6.07, 6.45) is -5.85. The molecule has 12 heteroatoms. The lowest BCUT2D eigenvalue weighted by Gasteiger charge is -2.32. The number of ether oxygens (including phenoxy) is 4. The fourth-order valence-electron chi connectivity index (χ4n) is 4.94. The first kappa shape index (κ1) is 39.7. The van der Waals surface area contributed by atoms with E-state index in [4.69, 9.17) is 18.9 Å². The number of methoxy groups -OCH3 is 1. The summed E-state index contributed by atoms with van der Waals surface area (Å²) in [6.45, 7) is 10.9. The van der Waals surface area contributed by atoms with Crippen LogP contribution in [0, 0.1) is 0 Å². The normalized spacial score (nSPS) is 13.5. The Labute approximate surface area is 282 Å². The van der Waals surface area contributed by atoms with E-state index in [0.717, 1.165) is 11.1 Å². The molecule has 11 nitrogen and oxygen atoms in total. The smallest absolute Gasteiger partial charge is 0.420 e. The SMILES string of the molecule is CCOC(=O)[C@H](CC(F)CCCC(=O)[C@@H](NC(=O)OC)C(c1ccccc1)c1ccccc1)N(C(=O)OC(C)(C)C)C(=O)OC(C)(C)C. The van der Waals surface area contributed by atoms with Crippen molar-refractivity contribution in [2.24, 2.45) is 0 Å². The third-order valence-corrected chi connectivity index (χ3v) is 6.93. The van der Waals surface area contributed by atoms with E-state index in [-0.39, 0.29) is 31.7 Å². The molecule has 0 spiro atoms. The average molecular weight is 673 g/mol. The molecule has 264 valence electrons. The number of hydrogen-bond donors (Lipinski definition) is 1. The van der Waals surface area contributed by atoms with Gasteiger partial charge < -0.3 is 24.3 Å². The maximum absolute atomic E-state index is 15.7. The van der Waals surface area contributed by atoms with Crippen LogP contribution in [0.3, 0.4) is 0 Å². The van der Waals surface area contributed by atoms with E-state index in [1.807, 2.05) is 60.7 Å². The van der Waals surface area contributed by atoms with E-state index in [2.05, 4.69) is 5.32 Å². The first-order valence-corrected chi connectivity index (χ1v) is 16.0. The van der Waals surface area contributed by atoms with E-state index >= 15 is 4.39 Å². The molecule has 0 aliphatic carbocycles. The predicted molar refractivity (Wildman–Crippen MR) is 177 cm³/mol. The number of carbonyl (C=O) groups excluding carboxylic acids is 5. The molecule has 0 saturated heterocycles. The van der Waals surface area contributed by atoms with E-state index in [1.54, 1.807) is 41.5 Å². The second kappa shape index (κ2) is 18.2. The zero-order valence-corrected chi connectivity index (χ0v) is 29.1. The lowest BCUT2D eigenvalue weighted by atomic mass is 9.82. The molecule has 3 atom stereocenters. The number of benzene rings is 2. The van der Waals surface area contributed by atoms with E-state index in [1.165, 1.54) is 14.0 Å². The van der Waals surface area contributed by atoms with Crippen molar-refractivity contribution in [3.8, 4) is 0 Å². The first-order valence-electron chi connectivity index (χ1n) is 16.0. The van der Waals surface area contributed by atoms with Gasteiger partial charge in [-0.25, -0.2) is 23.6 Å². The highest BCUT2D eigenvalue weighted by Gasteiger charge is 2.42. The number of Topliss-reactive ketones (excluding diaryl/α,β-unsaturated/α-hetero) is 1. The van der Waals surface area contributed by atoms with Crippen LogP contribution >= 0.6 is 0 Å². The minimum Gasteiger partial charge on any atom is -0.464 e. The van der Waals surface area contributed by atoms with Crippen LogP contribution < -0.4 is 5.32 Å². The molecule has 0 aliphatic heterocycles. The largest absolute Gasteiger partial charge is 0.464 e. The maximum Gasteiger partial charge on any atom is 0.420 e. The fourth-order valence-corrected chi connectivity index (χ4v) is 4.94. The molecule has 2 aromatic rings. The number of ketones is 1. The van der Waals surface area contributed by atoms with Crippen molar-refractivity contribution < 1.29 is 47.3 Å². The predicted octanol–water partition coefficient (Wildman–Crippen LogP) is 7.11. The van der Waals surface area contributed by atoms with Crippen molar-refractivity contribution in [2.45, 2.75) is 110 Å². The first-order chi connectivity index (χ1) is 22.5. The van der Waals surface area contributed by atoms with Gasteiger partial charge in [-0.15, -0.1) is 0 Å². The Hall–Kier alpha value is -4.48. The van der Waals surface area contributed by atoms with Crippen LogP contribution in [0.25, 0.3) is 0 Å². The third-order valence-electron chi connectivity index (χ3n) is 6.93. The number of carbonyl (C=O) groups is 5. The van der Waals surface area contributed by atoms with Crippen LogP contribution in [-0.4, -0.2) is 78.1 Å². The van der Waals surface area contributed by atoms with Gasteiger partial charge in [-0.1, -0.05) is 60.7 Å². The van der Waals surface area contributed by atoms with Gasteiger partial charge in [0.05, 0.1) is 13.7 Å². The second-order valence-corrected chi connectivity index (χ2v) is 13.2. The number of amides is 3. The number of alkyl halides is 1. The zero-order chi connectivity index (χ0) is 36.1. The molecule has 1 unspecified atom stereocenters. The number of imide groups is 1. The number of hydrogen-bond acceptors (Lipinski definition) is 9. The molecule has 2 rings (SSSR count). The molecule has 3 amide bonds. The molecule has 0 fully saturated rings. The van der Waals surface area contributed by atoms with Crippen molar-refractivity contribution in [1.29, 1.82) is 0 Å². The van der Waals surface area contributed by atoms with Crippen LogP contribution in [-0.2, 0) is 28.5 Å². The molecule has 0 bridgehead atoms. The maximum atomic E-state index is 15.7. The average Bonchev–Trinajstić information content (AvgIpc) is 2.99. The standard InChI is InChI=1S/C36H49FN2O9/c1-9-46-31(41)27(39(33(43)47-35(2,3)4)34(44)48-36(5,6)7)23-26(37)21-16-22-28(40)30(38-32(42)45-8)29(24-17-12-10-13-18-24)25-19-14-11-15-20-25/h10-15,17-20,26-27,29-30H,9,16,21-23H2,1-8H3,(H,38,42)/t26?,27-,30+/m0/s1. The highest BCUT2D eigenvalue weighted by Crippen LogP contribution is 2.30. The number of nitrogens with one attached hydrogen (secondary N) is 1. The Morgan fingerprint density at radius 3 is 1.71 bits per heavy atom. The summed E-state index contributed by atoms with van der Waals surface area (Å²) >= 11 is 0. The Morgan fingerprint density at radius 2 is 1.29 bits per heavy atom. The number of rotatable bonds is 14. The minimum atomic E-state index is -1.74. The minimum absolute atomic E-state index is 0.0318. The molecule has 0 radical (unpaired) electrons. The number of halogens is 1. The summed E-state index contributed by atoms with van der Waals surface area (Å²) < 4.78 is 36.3. The van der Waals surface area contributed by atoms with Gasteiger partial charge in [-0.2, -0.15) is 4.90 Å². The molecule has 2 aromatic carbocycles. The topological polar surface area (TPSA) is 138 Å². The van der Waals surface area contributed by atoms with Crippen LogP contribution in [0.5, 0.6) is 0 Å². The van der Waals surface area contributed by atoms with Gasteiger partial charge in [0, 0.05) is 18.8 Å². The zero-order valence-electron chi connectivity index (χ0n) is 29.1. The Kier molecular flexibility index (Phi) is 15.0. The van der Waals surface area contributed by atoms with Gasteiger partial charge in [0.1, 0.15) is 29.5 Å². The summed E-state index contributed by atoms with van der Waals surface area (Å²) in [5, 5.41) is 2.66. The summed E-state index contributed by atoms with van der Waals surface area (Å²) in [7, 11) is 1.20. The summed E-state index contributed by atoms with van der Waals surface area (Å²) in [6, 6.07) is 15.7. The Morgan fingerprint density at radius 1 is 0.812 bits per heavy atom. The number of alkyl carbamates (subject to hydrolysis) is 1. The molecule has 0 aliphatic rings. The van der Waals surface area contributed by atoms with Crippen molar-refractivity contribution >= 4 is 30.0 Å². The molecular formula is C36H49FN2O9. The fraction of sp³-hybridized carbons (Fsp3) is 0.528. The van der Waals surface area contributed by atoms with Gasteiger partial charge in [0.25, 0.3) is 0 Å². The lowest BCUT2D eigenvalue weighted by Crippen LogP contribution is -2.53. The van der Waals surface area contributed by atoms with Gasteiger partial charge >= 0.3 is 24.2 Å². The molecule has 1 N–H and O–H groups in total. The summed E-state index contributed by atoms with van der Waals surface area (Å²) in [5.41, 5.74) is -0.525. The van der Waals surface area contributed by atoms with Crippen LogP contribution in [0.1, 0.15) is 91.2 Å². The van der Waals surface area contributed by atoms with Crippen molar-refractivity contribution in [1.82, 2.24) is 10.2 Å².